The third kappa shape index (κ3) is 2.28. The first-order valence-corrected chi connectivity index (χ1v) is 4.39. The van der Waals surface area contributed by atoms with Gasteiger partial charge in [0.05, 0.1) is 16.5 Å². The average Bonchev–Trinajstić information content (AvgIpc) is 2.04. The van der Waals surface area contributed by atoms with Crippen molar-refractivity contribution in [1.29, 1.82) is 0 Å². The molecule has 1 aromatic heterocycles. The van der Waals surface area contributed by atoms with Crippen LogP contribution in [0.25, 0.3) is 0 Å². The molecule has 0 aromatic carbocycles. The van der Waals surface area contributed by atoms with Crippen molar-refractivity contribution >= 4 is 34.8 Å². The minimum atomic E-state index is 0.252. The second-order valence-electron chi connectivity index (χ2n) is 1.89. The predicted molar refractivity (Wildman–Crippen MR) is 51.9 cm³/mol. The quantitative estimate of drug-likeness (QED) is 0.372. The molecule has 1 aromatic rings. The number of halogens is 3. The average molecular weight is 220 g/mol. The summed E-state index contributed by atoms with van der Waals surface area (Å²) >= 11 is 16.9. The Bertz CT molecular complexity index is 318. The molecule has 0 saturated carbocycles. The smallest absolute Gasteiger partial charge is 0.146 e. The van der Waals surface area contributed by atoms with Gasteiger partial charge in [-0.1, -0.05) is 35.0 Å². The Morgan fingerprint density at radius 3 is 2.75 bits per heavy atom. The molecule has 1 heterocycles. The summed E-state index contributed by atoms with van der Waals surface area (Å²) in [6.07, 6.45) is 1.52. The van der Waals surface area contributed by atoms with Crippen molar-refractivity contribution in [2.75, 3.05) is 5.88 Å². The Morgan fingerprint density at radius 2 is 2.17 bits per heavy atom. The fourth-order valence-corrected chi connectivity index (χ4v) is 1.16. The van der Waals surface area contributed by atoms with Gasteiger partial charge in [0.2, 0.25) is 0 Å². The van der Waals surface area contributed by atoms with Gasteiger partial charge in [-0.3, -0.25) is 0 Å². The lowest BCUT2D eigenvalue weighted by Gasteiger charge is -1.95. The number of hydrogen-bond acceptors (Lipinski definition) is 1. The normalized spacial score (nSPS) is 8.92. The molecule has 0 saturated heterocycles. The summed E-state index contributed by atoms with van der Waals surface area (Å²) in [5.74, 6) is 5.63. The molecule has 0 N–H and O–H groups in total. The molecule has 0 aliphatic rings. The Morgan fingerprint density at radius 1 is 1.42 bits per heavy atom. The largest absolute Gasteiger partial charge is 0.243 e. The molecule has 12 heavy (non-hydrogen) atoms. The van der Waals surface area contributed by atoms with Gasteiger partial charge in [-0.05, 0) is 6.07 Å². The van der Waals surface area contributed by atoms with E-state index in [0.29, 0.717) is 15.7 Å². The van der Waals surface area contributed by atoms with Crippen molar-refractivity contribution < 1.29 is 0 Å². The lowest BCUT2D eigenvalue weighted by molar-refractivity contribution is 1.31. The zero-order valence-corrected chi connectivity index (χ0v) is 8.21. The highest BCUT2D eigenvalue weighted by atomic mass is 35.5. The lowest BCUT2D eigenvalue weighted by Crippen LogP contribution is -1.83. The van der Waals surface area contributed by atoms with E-state index >= 15 is 0 Å². The highest BCUT2D eigenvalue weighted by Gasteiger charge is 2.01. The fraction of sp³-hybridized carbons (Fsp3) is 0.125. The van der Waals surface area contributed by atoms with Gasteiger partial charge >= 0.3 is 0 Å². The molecule has 0 aliphatic heterocycles. The summed E-state index contributed by atoms with van der Waals surface area (Å²) < 4.78 is 0. The molecule has 0 atom stereocenters. The third-order valence-corrected chi connectivity index (χ3v) is 1.87. The Hall–Kier alpha value is -0.420. The van der Waals surface area contributed by atoms with E-state index in [4.69, 9.17) is 34.8 Å². The first-order valence-electron chi connectivity index (χ1n) is 3.10. The van der Waals surface area contributed by atoms with Gasteiger partial charge in [-0.25, -0.2) is 4.98 Å². The van der Waals surface area contributed by atoms with E-state index in [2.05, 4.69) is 16.8 Å². The van der Waals surface area contributed by atoms with E-state index in [9.17, 15) is 0 Å². The maximum absolute atomic E-state index is 5.80. The van der Waals surface area contributed by atoms with Crippen LogP contribution in [0.5, 0.6) is 0 Å². The van der Waals surface area contributed by atoms with E-state index in [0.717, 1.165) is 0 Å². The Balaban J connectivity index is 3.13. The summed E-state index contributed by atoms with van der Waals surface area (Å²) in [5.41, 5.74) is 0.529. The van der Waals surface area contributed by atoms with Gasteiger partial charge in [0.15, 0.2) is 0 Å². The SMILES string of the molecule is ClCC#Cc1c(Cl)ccnc1Cl. The number of nitrogens with zero attached hydrogens (tertiary/aromatic N) is 1. The van der Waals surface area contributed by atoms with Crippen LogP contribution in [0.4, 0.5) is 0 Å². The number of aromatic nitrogens is 1. The zero-order chi connectivity index (χ0) is 8.97. The summed E-state index contributed by atoms with van der Waals surface area (Å²) in [5, 5.41) is 0.799. The molecule has 0 bridgehead atoms. The third-order valence-electron chi connectivity index (χ3n) is 1.13. The predicted octanol–water partition coefficient (Wildman–Crippen LogP) is 2.98. The monoisotopic (exact) mass is 219 g/mol. The molecule has 0 unspecified atom stereocenters. The molecule has 62 valence electrons. The molecule has 4 heteroatoms. The van der Waals surface area contributed by atoms with Crippen LogP contribution < -0.4 is 0 Å². The summed E-state index contributed by atoms with van der Waals surface area (Å²) in [4.78, 5) is 3.83. The molecule has 1 nitrogen and oxygen atoms in total. The molecule has 0 fully saturated rings. The van der Waals surface area contributed by atoms with Crippen LogP contribution >= 0.6 is 34.8 Å². The highest BCUT2D eigenvalue weighted by molar-refractivity contribution is 6.35. The minimum Gasteiger partial charge on any atom is -0.243 e. The molecular formula is C8H4Cl3N. The molecule has 0 aliphatic carbocycles. The lowest BCUT2D eigenvalue weighted by atomic mass is 10.3. The zero-order valence-electron chi connectivity index (χ0n) is 5.94. The van der Waals surface area contributed by atoms with Crippen molar-refractivity contribution in [3.8, 4) is 11.8 Å². The van der Waals surface area contributed by atoms with Crippen LogP contribution in [0.3, 0.4) is 0 Å². The number of rotatable bonds is 0. The topological polar surface area (TPSA) is 12.9 Å². The van der Waals surface area contributed by atoms with Crippen LogP contribution in [0.15, 0.2) is 12.3 Å². The Kier molecular flexibility index (Phi) is 3.68. The Labute approximate surface area is 85.7 Å². The van der Waals surface area contributed by atoms with Gasteiger partial charge in [0.1, 0.15) is 5.15 Å². The van der Waals surface area contributed by atoms with Gasteiger partial charge in [0.25, 0.3) is 0 Å². The second-order valence-corrected chi connectivity index (χ2v) is 2.93. The first-order chi connectivity index (χ1) is 5.75. The minimum absolute atomic E-state index is 0.252. The van der Waals surface area contributed by atoms with Gasteiger partial charge in [-0.15, -0.1) is 11.6 Å². The van der Waals surface area contributed by atoms with Crippen LogP contribution in [-0.2, 0) is 0 Å². The summed E-state index contributed by atoms with van der Waals surface area (Å²) in [6.45, 7) is 0. The molecule has 1 rings (SSSR count). The highest BCUT2D eigenvalue weighted by Crippen LogP contribution is 2.20. The standard InChI is InChI=1S/C8H4Cl3N/c9-4-1-2-6-7(10)3-5-12-8(6)11/h3,5H,4H2. The van der Waals surface area contributed by atoms with E-state index in [1.54, 1.807) is 6.07 Å². The molecule has 0 radical (unpaired) electrons. The van der Waals surface area contributed by atoms with E-state index < -0.39 is 0 Å². The van der Waals surface area contributed by atoms with Crippen molar-refractivity contribution in [3.05, 3.63) is 28.0 Å². The number of alkyl halides is 1. The van der Waals surface area contributed by atoms with Gasteiger partial charge < -0.3 is 0 Å². The van der Waals surface area contributed by atoms with Crippen LogP contribution in [0.2, 0.25) is 10.2 Å². The maximum atomic E-state index is 5.80. The summed E-state index contributed by atoms with van der Waals surface area (Å²) in [6, 6.07) is 1.63. The van der Waals surface area contributed by atoms with E-state index in [-0.39, 0.29) is 5.88 Å². The van der Waals surface area contributed by atoms with Crippen molar-refractivity contribution in [2.24, 2.45) is 0 Å². The number of hydrogen-bond donors (Lipinski definition) is 0. The fourth-order valence-electron chi connectivity index (χ4n) is 0.648. The second kappa shape index (κ2) is 4.57. The first kappa shape index (κ1) is 9.67. The number of pyridine rings is 1. The van der Waals surface area contributed by atoms with Crippen LogP contribution in [0.1, 0.15) is 5.56 Å². The van der Waals surface area contributed by atoms with Crippen LogP contribution in [-0.4, -0.2) is 10.9 Å². The van der Waals surface area contributed by atoms with Gasteiger partial charge in [0, 0.05) is 6.20 Å². The van der Waals surface area contributed by atoms with Crippen molar-refractivity contribution in [2.45, 2.75) is 0 Å². The summed E-state index contributed by atoms with van der Waals surface area (Å²) in [7, 11) is 0. The molecule has 0 amide bonds. The van der Waals surface area contributed by atoms with E-state index in [1.165, 1.54) is 6.20 Å². The molecule has 0 spiro atoms. The van der Waals surface area contributed by atoms with E-state index in [1.807, 2.05) is 0 Å². The van der Waals surface area contributed by atoms with Crippen molar-refractivity contribution in [3.63, 3.8) is 0 Å². The van der Waals surface area contributed by atoms with Crippen LogP contribution in [0, 0.1) is 11.8 Å². The molecular weight excluding hydrogens is 216 g/mol. The maximum Gasteiger partial charge on any atom is 0.146 e. The van der Waals surface area contributed by atoms with Gasteiger partial charge in [-0.2, -0.15) is 0 Å². The van der Waals surface area contributed by atoms with Crippen molar-refractivity contribution in [1.82, 2.24) is 4.98 Å².